The summed E-state index contributed by atoms with van der Waals surface area (Å²) in [6.07, 6.45) is 1.27. The largest absolute Gasteiger partial charge is 0.447 e. The molecule has 0 aromatic heterocycles. The number of anilines is 2. The Kier molecular flexibility index (Phi) is 4.84. The van der Waals surface area contributed by atoms with E-state index in [0.29, 0.717) is 31.9 Å². The maximum atomic E-state index is 14.0. The number of benzene rings is 1. The first kappa shape index (κ1) is 16.5. The number of hydrogen-bond acceptors (Lipinski definition) is 4. The molecule has 1 aromatic rings. The first-order chi connectivity index (χ1) is 11.6. The van der Waals surface area contributed by atoms with Crippen molar-refractivity contribution in [2.75, 3.05) is 43.6 Å². The first-order valence-electron chi connectivity index (χ1n) is 7.91. The maximum absolute atomic E-state index is 14.0. The van der Waals surface area contributed by atoms with Gasteiger partial charge in [0.2, 0.25) is 0 Å². The summed E-state index contributed by atoms with van der Waals surface area (Å²) in [5.74, 6) is -0.556. The maximum Gasteiger partial charge on any atom is 0.414 e. The van der Waals surface area contributed by atoms with Crippen LogP contribution < -0.4 is 10.2 Å². The lowest BCUT2D eigenvalue weighted by atomic mass is 10.1. The number of piperidine rings is 1. The van der Waals surface area contributed by atoms with Gasteiger partial charge in [0.05, 0.1) is 18.3 Å². The van der Waals surface area contributed by atoms with Gasteiger partial charge in [-0.25, -0.2) is 14.0 Å². The summed E-state index contributed by atoms with van der Waals surface area (Å²) < 4.78 is 24.2. The normalized spacial score (nSPS) is 20.9. The number of nitrogens with zero attached hydrogens (tertiary/aromatic N) is 2. The molecule has 130 valence electrons. The summed E-state index contributed by atoms with van der Waals surface area (Å²) in [6.45, 7) is 1.77. The van der Waals surface area contributed by atoms with E-state index in [-0.39, 0.29) is 17.8 Å². The second-order valence-corrected chi connectivity index (χ2v) is 5.81. The van der Waals surface area contributed by atoms with Gasteiger partial charge >= 0.3 is 12.1 Å². The molecular weight excluding hydrogens is 317 g/mol. The summed E-state index contributed by atoms with van der Waals surface area (Å²) in [4.78, 5) is 27.0. The molecule has 8 heteroatoms. The number of methoxy groups -OCH3 is 1. The lowest BCUT2D eigenvalue weighted by Gasteiger charge is -2.32. The van der Waals surface area contributed by atoms with Gasteiger partial charge in [-0.05, 0) is 31.0 Å². The van der Waals surface area contributed by atoms with Gasteiger partial charge in [0.25, 0.3) is 0 Å². The molecule has 2 saturated heterocycles. The van der Waals surface area contributed by atoms with Gasteiger partial charge in [-0.1, -0.05) is 0 Å². The zero-order valence-electron chi connectivity index (χ0n) is 13.5. The van der Waals surface area contributed by atoms with Gasteiger partial charge in [0, 0.05) is 25.9 Å². The van der Waals surface area contributed by atoms with E-state index in [9.17, 15) is 14.0 Å². The van der Waals surface area contributed by atoms with E-state index < -0.39 is 11.9 Å². The molecule has 1 N–H and O–H groups in total. The number of halogens is 1. The highest BCUT2D eigenvalue weighted by Gasteiger charge is 2.26. The quantitative estimate of drug-likeness (QED) is 0.919. The highest BCUT2D eigenvalue weighted by atomic mass is 19.1. The molecule has 24 heavy (non-hydrogen) atoms. The predicted molar refractivity (Wildman–Crippen MR) is 85.7 cm³/mol. The van der Waals surface area contributed by atoms with E-state index >= 15 is 0 Å². The fourth-order valence-corrected chi connectivity index (χ4v) is 2.91. The van der Waals surface area contributed by atoms with Crippen molar-refractivity contribution < 1.29 is 23.5 Å². The zero-order valence-corrected chi connectivity index (χ0v) is 13.5. The van der Waals surface area contributed by atoms with E-state index in [1.54, 1.807) is 12.0 Å². The second kappa shape index (κ2) is 7.04. The molecule has 1 aromatic carbocycles. The fraction of sp³-hybridized carbons (Fsp3) is 0.500. The van der Waals surface area contributed by atoms with Crippen LogP contribution in [0.15, 0.2) is 18.2 Å². The molecule has 2 aliphatic heterocycles. The molecule has 1 unspecified atom stereocenters. The summed E-state index contributed by atoms with van der Waals surface area (Å²) >= 11 is 0. The third-order valence-electron chi connectivity index (χ3n) is 4.26. The van der Waals surface area contributed by atoms with Crippen molar-refractivity contribution >= 4 is 23.5 Å². The average Bonchev–Trinajstić information content (AvgIpc) is 3.03. The van der Waals surface area contributed by atoms with Crippen LogP contribution in [0.1, 0.15) is 12.8 Å². The number of likely N-dealkylation sites (tertiary alicyclic amines) is 1. The van der Waals surface area contributed by atoms with Crippen molar-refractivity contribution in [2.45, 2.75) is 18.9 Å². The number of urea groups is 1. The van der Waals surface area contributed by atoms with Gasteiger partial charge in [0.15, 0.2) is 0 Å². The molecule has 2 fully saturated rings. The van der Waals surface area contributed by atoms with Crippen LogP contribution in [-0.4, -0.2) is 56.5 Å². The number of amides is 3. The third-order valence-corrected chi connectivity index (χ3v) is 4.26. The molecular formula is C16H20FN3O4. The Hall–Kier alpha value is -2.35. The summed E-state index contributed by atoms with van der Waals surface area (Å²) in [5, 5.41) is 2.58. The Morgan fingerprint density at radius 2 is 2.25 bits per heavy atom. The van der Waals surface area contributed by atoms with Gasteiger partial charge in [-0.15, -0.1) is 0 Å². The second-order valence-electron chi connectivity index (χ2n) is 5.81. The van der Waals surface area contributed by atoms with Gasteiger partial charge < -0.3 is 19.7 Å². The van der Waals surface area contributed by atoms with Crippen molar-refractivity contribution in [3.63, 3.8) is 0 Å². The number of rotatable bonds is 3. The van der Waals surface area contributed by atoms with Crippen LogP contribution in [0.4, 0.5) is 25.4 Å². The van der Waals surface area contributed by atoms with Crippen LogP contribution >= 0.6 is 0 Å². The minimum Gasteiger partial charge on any atom is -0.447 e. The average molecular weight is 337 g/mol. The molecule has 0 bridgehead atoms. The Morgan fingerprint density at radius 3 is 2.96 bits per heavy atom. The number of ether oxygens (including phenoxy) is 2. The molecule has 3 amide bonds. The summed E-state index contributed by atoms with van der Waals surface area (Å²) in [7, 11) is 1.62. The molecule has 0 radical (unpaired) electrons. The lowest BCUT2D eigenvalue weighted by Crippen LogP contribution is -2.45. The van der Waals surface area contributed by atoms with E-state index in [1.807, 2.05) is 0 Å². The Labute approximate surface area is 139 Å². The first-order valence-corrected chi connectivity index (χ1v) is 7.91. The Balaban J connectivity index is 1.72. The predicted octanol–water partition coefficient (Wildman–Crippen LogP) is 2.43. The van der Waals surface area contributed by atoms with E-state index in [2.05, 4.69) is 5.32 Å². The van der Waals surface area contributed by atoms with Crippen LogP contribution in [0, 0.1) is 5.82 Å². The number of nitrogens with one attached hydrogen (secondary N) is 1. The van der Waals surface area contributed by atoms with Crippen LogP contribution in [0.2, 0.25) is 0 Å². The van der Waals surface area contributed by atoms with Crippen LogP contribution in [0.25, 0.3) is 0 Å². The third kappa shape index (κ3) is 3.43. The smallest absolute Gasteiger partial charge is 0.414 e. The Morgan fingerprint density at radius 1 is 1.42 bits per heavy atom. The zero-order chi connectivity index (χ0) is 17.1. The van der Waals surface area contributed by atoms with Crippen LogP contribution in [-0.2, 0) is 9.47 Å². The topological polar surface area (TPSA) is 71.1 Å². The van der Waals surface area contributed by atoms with E-state index in [4.69, 9.17) is 9.47 Å². The van der Waals surface area contributed by atoms with Crippen molar-refractivity contribution in [3.05, 3.63) is 24.0 Å². The Bertz CT molecular complexity index is 640. The fourth-order valence-electron chi connectivity index (χ4n) is 2.91. The van der Waals surface area contributed by atoms with E-state index in [0.717, 1.165) is 12.8 Å². The molecule has 2 aliphatic rings. The number of cyclic esters (lactones) is 1. The molecule has 2 heterocycles. The van der Waals surface area contributed by atoms with Gasteiger partial charge in [0.1, 0.15) is 12.4 Å². The van der Waals surface area contributed by atoms with E-state index in [1.165, 1.54) is 23.1 Å². The summed E-state index contributed by atoms with van der Waals surface area (Å²) in [6, 6.07) is 3.78. The molecule has 1 atom stereocenters. The van der Waals surface area contributed by atoms with Crippen molar-refractivity contribution in [1.29, 1.82) is 0 Å². The SMILES string of the molecule is COC1CCCN(C(=O)Nc2cc(N3CCOC3=O)ccc2F)C1. The summed E-state index contributed by atoms with van der Waals surface area (Å²) in [5.41, 5.74) is 0.527. The van der Waals surface area contributed by atoms with Gasteiger partial charge in [-0.3, -0.25) is 4.90 Å². The minimum atomic E-state index is -0.556. The van der Waals surface area contributed by atoms with Gasteiger partial charge in [-0.2, -0.15) is 0 Å². The number of carbonyl (C=O) groups excluding carboxylic acids is 2. The highest BCUT2D eigenvalue weighted by molar-refractivity contribution is 5.93. The van der Waals surface area contributed by atoms with Crippen molar-refractivity contribution in [3.8, 4) is 0 Å². The molecule has 0 spiro atoms. The lowest BCUT2D eigenvalue weighted by molar-refractivity contribution is 0.0458. The number of hydrogen-bond donors (Lipinski definition) is 1. The molecule has 0 aliphatic carbocycles. The van der Waals surface area contributed by atoms with Crippen molar-refractivity contribution in [1.82, 2.24) is 4.90 Å². The van der Waals surface area contributed by atoms with Crippen molar-refractivity contribution in [2.24, 2.45) is 0 Å². The molecule has 7 nitrogen and oxygen atoms in total. The minimum absolute atomic E-state index is 0.0000476. The molecule has 0 saturated carbocycles. The van der Waals surface area contributed by atoms with Crippen LogP contribution in [0.3, 0.4) is 0 Å². The monoisotopic (exact) mass is 337 g/mol. The highest BCUT2D eigenvalue weighted by Crippen LogP contribution is 2.25. The number of carbonyl (C=O) groups is 2. The standard InChI is InChI=1S/C16H20FN3O4/c1-23-12-3-2-6-19(10-12)15(21)18-14-9-11(4-5-13(14)17)20-7-8-24-16(20)22/h4-5,9,12H,2-3,6-8,10H2,1H3,(H,18,21). The van der Waals surface area contributed by atoms with Crippen LogP contribution in [0.5, 0.6) is 0 Å². The molecule has 3 rings (SSSR count).